The molecule has 0 bridgehead atoms. The Kier molecular flexibility index (Phi) is 3.27. The van der Waals surface area contributed by atoms with Crippen LogP contribution in [-0.2, 0) is 6.61 Å². The summed E-state index contributed by atoms with van der Waals surface area (Å²) in [6, 6.07) is 5.58. The molecule has 0 aliphatic heterocycles. The molecule has 5 heteroatoms. The third kappa shape index (κ3) is 2.96. The first-order valence-electron chi connectivity index (χ1n) is 4.83. The molecule has 0 saturated carbocycles. The smallest absolute Gasteiger partial charge is 0.213 e. The summed E-state index contributed by atoms with van der Waals surface area (Å²) in [5, 5.41) is 0. The number of hydrogen-bond donors (Lipinski definition) is 0. The molecule has 0 spiro atoms. The van der Waals surface area contributed by atoms with Gasteiger partial charge in [-0.15, -0.1) is 0 Å². The monoisotopic (exact) mass is 239 g/mol. The van der Waals surface area contributed by atoms with E-state index in [9.17, 15) is 13.2 Å². The predicted molar refractivity (Wildman–Crippen MR) is 54.9 cm³/mol. The summed E-state index contributed by atoms with van der Waals surface area (Å²) in [4.78, 5) is 3.37. The van der Waals surface area contributed by atoms with Gasteiger partial charge in [0.15, 0.2) is 0 Å². The number of ether oxygens (including phenoxy) is 1. The number of benzene rings is 1. The minimum absolute atomic E-state index is 0.0920. The van der Waals surface area contributed by atoms with Gasteiger partial charge >= 0.3 is 0 Å². The van der Waals surface area contributed by atoms with E-state index >= 15 is 0 Å². The van der Waals surface area contributed by atoms with Crippen molar-refractivity contribution in [1.29, 1.82) is 0 Å². The lowest BCUT2D eigenvalue weighted by Gasteiger charge is -2.06. The second-order valence-corrected chi connectivity index (χ2v) is 3.34. The van der Waals surface area contributed by atoms with Crippen molar-refractivity contribution >= 4 is 0 Å². The summed E-state index contributed by atoms with van der Waals surface area (Å²) < 4.78 is 43.7. The average Bonchev–Trinajstić information content (AvgIpc) is 2.32. The maximum Gasteiger partial charge on any atom is 0.213 e. The van der Waals surface area contributed by atoms with Gasteiger partial charge in [0, 0.05) is 5.56 Å². The summed E-state index contributed by atoms with van der Waals surface area (Å²) in [6.07, 6.45) is 1.17. The third-order valence-corrected chi connectivity index (χ3v) is 2.10. The molecular formula is C12H8F3NO. The molecule has 1 heterocycles. The molecule has 0 aliphatic carbocycles. The molecule has 0 radical (unpaired) electrons. The van der Waals surface area contributed by atoms with Crippen LogP contribution in [0.25, 0.3) is 0 Å². The van der Waals surface area contributed by atoms with Gasteiger partial charge in [-0.05, 0) is 30.3 Å². The molecule has 0 amide bonds. The van der Waals surface area contributed by atoms with E-state index in [0.29, 0.717) is 0 Å². The van der Waals surface area contributed by atoms with Crippen LogP contribution in [0.3, 0.4) is 0 Å². The molecule has 0 aliphatic rings. The highest BCUT2D eigenvalue weighted by Gasteiger charge is 2.05. The highest BCUT2D eigenvalue weighted by atomic mass is 19.1. The zero-order chi connectivity index (χ0) is 12.3. The van der Waals surface area contributed by atoms with Gasteiger partial charge in [0.1, 0.15) is 24.0 Å². The molecule has 0 N–H and O–H groups in total. The van der Waals surface area contributed by atoms with Crippen LogP contribution in [0, 0.1) is 17.6 Å². The summed E-state index contributed by atoms with van der Waals surface area (Å²) in [5.41, 5.74) is 0.0920. The maximum absolute atomic E-state index is 13.2. The van der Waals surface area contributed by atoms with Crippen molar-refractivity contribution in [2.24, 2.45) is 0 Å². The van der Waals surface area contributed by atoms with Crippen LogP contribution in [0.5, 0.6) is 5.75 Å². The normalized spacial score (nSPS) is 10.3. The molecule has 0 atom stereocenters. The van der Waals surface area contributed by atoms with Gasteiger partial charge in [-0.2, -0.15) is 4.39 Å². The number of rotatable bonds is 3. The molecule has 0 saturated heterocycles. The Morgan fingerprint density at radius 2 is 1.88 bits per heavy atom. The minimum atomic E-state index is -0.630. The predicted octanol–water partition coefficient (Wildman–Crippen LogP) is 3.08. The number of aromatic nitrogens is 1. The van der Waals surface area contributed by atoms with Crippen LogP contribution in [0.15, 0.2) is 36.5 Å². The molecule has 0 unspecified atom stereocenters. The quantitative estimate of drug-likeness (QED) is 0.768. The van der Waals surface area contributed by atoms with Crippen LogP contribution >= 0.6 is 0 Å². The van der Waals surface area contributed by atoms with Gasteiger partial charge in [0.25, 0.3) is 0 Å². The van der Waals surface area contributed by atoms with Crippen molar-refractivity contribution in [3.63, 3.8) is 0 Å². The average molecular weight is 239 g/mol. The van der Waals surface area contributed by atoms with Gasteiger partial charge < -0.3 is 4.74 Å². The first-order chi connectivity index (χ1) is 8.15. The van der Waals surface area contributed by atoms with E-state index in [0.717, 1.165) is 24.3 Å². The Labute approximate surface area is 95.7 Å². The fourth-order valence-electron chi connectivity index (χ4n) is 1.26. The van der Waals surface area contributed by atoms with Crippen LogP contribution in [-0.4, -0.2) is 4.98 Å². The van der Waals surface area contributed by atoms with Crippen LogP contribution in [0.1, 0.15) is 5.56 Å². The van der Waals surface area contributed by atoms with Crippen LogP contribution < -0.4 is 4.74 Å². The van der Waals surface area contributed by atoms with Gasteiger partial charge in [-0.3, -0.25) is 0 Å². The molecule has 2 nitrogen and oxygen atoms in total. The first-order valence-corrected chi connectivity index (χ1v) is 4.83. The zero-order valence-electron chi connectivity index (χ0n) is 8.66. The molecule has 88 valence electrons. The van der Waals surface area contributed by atoms with E-state index in [1.165, 1.54) is 12.3 Å². The number of hydrogen-bond acceptors (Lipinski definition) is 2. The SMILES string of the molecule is Fc1ccc(F)c(COc2ccc(F)nc2)c1. The molecular weight excluding hydrogens is 231 g/mol. The second kappa shape index (κ2) is 4.86. The highest BCUT2D eigenvalue weighted by molar-refractivity contribution is 5.20. The fourth-order valence-corrected chi connectivity index (χ4v) is 1.26. The van der Waals surface area contributed by atoms with Gasteiger partial charge in [0.2, 0.25) is 5.95 Å². The van der Waals surface area contributed by atoms with E-state index in [1.807, 2.05) is 0 Å². The standard InChI is InChI=1S/C12H8F3NO/c13-9-1-3-11(14)8(5-9)7-17-10-2-4-12(15)16-6-10/h1-6H,7H2. The van der Waals surface area contributed by atoms with Crippen LogP contribution in [0.2, 0.25) is 0 Å². The van der Waals surface area contributed by atoms with E-state index in [-0.39, 0.29) is 17.9 Å². The van der Waals surface area contributed by atoms with Gasteiger partial charge in [0.05, 0.1) is 6.20 Å². The van der Waals surface area contributed by atoms with Gasteiger partial charge in [-0.25, -0.2) is 13.8 Å². The first kappa shape index (κ1) is 11.4. The topological polar surface area (TPSA) is 22.1 Å². The van der Waals surface area contributed by atoms with E-state index in [4.69, 9.17) is 4.74 Å². The van der Waals surface area contributed by atoms with Crippen molar-refractivity contribution < 1.29 is 17.9 Å². The maximum atomic E-state index is 13.2. The Bertz CT molecular complexity index is 514. The minimum Gasteiger partial charge on any atom is -0.487 e. The highest BCUT2D eigenvalue weighted by Crippen LogP contribution is 2.14. The van der Waals surface area contributed by atoms with E-state index < -0.39 is 17.6 Å². The Morgan fingerprint density at radius 1 is 1.06 bits per heavy atom. The number of pyridine rings is 1. The molecule has 17 heavy (non-hydrogen) atoms. The summed E-state index contributed by atoms with van der Waals surface area (Å²) in [7, 11) is 0. The molecule has 2 rings (SSSR count). The summed E-state index contributed by atoms with van der Waals surface area (Å²) in [6.45, 7) is -0.142. The lowest BCUT2D eigenvalue weighted by atomic mass is 10.2. The van der Waals surface area contributed by atoms with E-state index in [1.54, 1.807) is 0 Å². The second-order valence-electron chi connectivity index (χ2n) is 3.34. The Balaban J connectivity index is 2.07. The van der Waals surface area contributed by atoms with Crippen molar-refractivity contribution in [2.45, 2.75) is 6.61 Å². The Hall–Kier alpha value is -2.04. The van der Waals surface area contributed by atoms with Crippen LogP contribution in [0.4, 0.5) is 13.2 Å². The van der Waals surface area contributed by atoms with Crippen molar-refractivity contribution in [3.05, 3.63) is 59.7 Å². The van der Waals surface area contributed by atoms with Crippen molar-refractivity contribution in [3.8, 4) is 5.75 Å². The van der Waals surface area contributed by atoms with Crippen molar-refractivity contribution in [1.82, 2.24) is 4.98 Å². The van der Waals surface area contributed by atoms with E-state index in [2.05, 4.69) is 4.98 Å². The molecule has 1 aromatic carbocycles. The molecule has 2 aromatic rings. The van der Waals surface area contributed by atoms with Gasteiger partial charge in [-0.1, -0.05) is 0 Å². The molecule has 1 aromatic heterocycles. The number of nitrogens with zero attached hydrogens (tertiary/aromatic N) is 1. The third-order valence-electron chi connectivity index (χ3n) is 2.10. The fraction of sp³-hybridized carbons (Fsp3) is 0.0833. The lowest BCUT2D eigenvalue weighted by Crippen LogP contribution is -1.99. The lowest BCUT2D eigenvalue weighted by molar-refractivity contribution is 0.297. The van der Waals surface area contributed by atoms with Crippen molar-refractivity contribution in [2.75, 3.05) is 0 Å². The Morgan fingerprint density at radius 3 is 2.59 bits per heavy atom. The molecule has 0 fully saturated rings. The zero-order valence-corrected chi connectivity index (χ0v) is 8.66. The number of halogens is 3. The summed E-state index contributed by atoms with van der Waals surface area (Å²) >= 11 is 0. The summed E-state index contributed by atoms with van der Waals surface area (Å²) in [5.74, 6) is -1.44. The largest absolute Gasteiger partial charge is 0.487 e.